The summed E-state index contributed by atoms with van der Waals surface area (Å²) < 4.78 is 25.7. The topological polar surface area (TPSA) is 12.0 Å². The molecule has 0 spiro atoms. The van der Waals surface area contributed by atoms with Crippen LogP contribution in [-0.4, -0.2) is 0 Å². The van der Waals surface area contributed by atoms with Gasteiger partial charge in [0.05, 0.1) is 5.02 Å². The van der Waals surface area contributed by atoms with E-state index < -0.39 is 11.6 Å². The molecule has 0 saturated heterocycles. The third-order valence-electron chi connectivity index (χ3n) is 1.95. The van der Waals surface area contributed by atoms with Gasteiger partial charge in [0, 0.05) is 28.6 Å². The molecule has 1 heterocycles. The van der Waals surface area contributed by atoms with E-state index in [1.54, 1.807) is 0 Å². The van der Waals surface area contributed by atoms with Crippen molar-refractivity contribution >= 4 is 28.6 Å². The molecule has 0 aliphatic heterocycles. The zero-order valence-corrected chi connectivity index (χ0v) is 9.71. The molecule has 0 bridgehead atoms. The maximum Gasteiger partial charge on any atom is 0.128 e. The largest absolute Gasteiger partial charge is 0.380 e. The number of hydrogen-bond acceptors (Lipinski definition) is 2. The number of benzene rings is 1. The molecule has 16 heavy (non-hydrogen) atoms. The third-order valence-corrected chi connectivity index (χ3v) is 3.24. The van der Waals surface area contributed by atoms with E-state index >= 15 is 0 Å². The van der Waals surface area contributed by atoms with Crippen LogP contribution in [0.4, 0.5) is 14.5 Å². The lowest BCUT2D eigenvalue weighted by Crippen LogP contribution is -1.98. The number of nitrogens with one attached hydrogen (secondary N) is 1. The highest BCUT2D eigenvalue weighted by Gasteiger charge is 2.01. The highest BCUT2D eigenvalue weighted by atomic mass is 35.5. The number of halogens is 3. The van der Waals surface area contributed by atoms with Gasteiger partial charge in [-0.25, -0.2) is 8.78 Å². The SMILES string of the molecule is Fc1cc(F)cc(NCc2cc(Cl)cs2)c1. The van der Waals surface area contributed by atoms with Crippen LogP contribution in [0.15, 0.2) is 29.6 Å². The molecule has 0 unspecified atom stereocenters. The molecule has 1 nitrogen and oxygen atoms in total. The van der Waals surface area contributed by atoms with Crippen LogP contribution in [0.3, 0.4) is 0 Å². The van der Waals surface area contributed by atoms with Gasteiger partial charge in [-0.05, 0) is 18.2 Å². The quantitative estimate of drug-likeness (QED) is 0.867. The van der Waals surface area contributed by atoms with Gasteiger partial charge >= 0.3 is 0 Å². The van der Waals surface area contributed by atoms with Gasteiger partial charge < -0.3 is 5.32 Å². The summed E-state index contributed by atoms with van der Waals surface area (Å²) in [5, 5.41) is 5.41. The molecule has 5 heteroatoms. The predicted molar refractivity (Wildman–Crippen MR) is 63.0 cm³/mol. The van der Waals surface area contributed by atoms with Crippen LogP contribution in [0.1, 0.15) is 4.88 Å². The minimum absolute atomic E-state index is 0.419. The number of anilines is 1. The Morgan fingerprint density at radius 3 is 2.38 bits per heavy atom. The maximum atomic E-state index is 12.9. The van der Waals surface area contributed by atoms with Crippen LogP contribution in [0, 0.1) is 11.6 Å². The van der Waals surface area contributed by atoms with Crippen molar-refractivity contribution in [3.8, 4) is 0 Å². The highest BCUT2D eigenvalue weighted by Crippen LogP contribution is 2.21. The summed E-state index contributed by atoms with van der Waals surface area (Å²) in [4.78, 5) is 1.01. The fourth-order valence-electron chi connectivity index (χ4n) is 1.29. The van der Waals surface area contributed by atoms with Crippen molar-refractivity contribution < 1.29 is 8.78 Å². The second-order valence-electron chi connectivity index (χ2n) is 3.24. The summed E-state index contributed by atoms with van der Waals surface area (Å²) >= 11 is 7.25. The second kappa shape index (κ2) is 4.80. The average Bonchev–Trinajstić information content (AvgIpc) is 2.60. The van der Waals surface area contributed by atoms with Crippen LogP contribution < -0.4 is 5.32 Å². The Labute approximate surface area is 101 Å². The molecule has 0 aliphatic rings. The fraction of sp³-hybridized carbons (Fsp3) is 0.0909. The Morgan fingerprint density at radius 2 is 1.81 bits per heavy atom. The number of hydrogen-bond donors (Lipinski definition) is 1. The Hall–Kier alpha value is -1.13. The Bertz CT molecular complexity index is 478. The van der Waals surface area contributed by atoms with E-state index in [-0.39, 0.29) is 0 Å². The minimum atomic E-state index is -0.591. The number of rotatable bonds is 3. The smallest absolute Gasteiger partial charge is 0.128 e. The molecule has 0 atom stereocenters. The first-order valence-electron chi connectivity index (χ1n) is 4.56. The first-order chi connectivity index (χ1) is 7.63. The monoisotopic (exact) mass is 259 g/mol. The normalized spacial score (nSPS) is 10.4. The second-order valence-corrected chi connectivity index (χ2v) is 4.68. The summed E-state index contributed by atoms with van der Waals surface area (Å²) in [7, 11) is 0. The predicted octanol–water partition coefficient (Wildman–Crippen LogP) is 4.29. The summed E-state index contributed by atoms with van der Waals surface area (Å²) in [5.74, 6) is -1.18. The van der Waals surface area contributed by atoms with Crippen molar-refractivity contribution in [3.05, 3.63) is 51.2 Å². The van der Waals surface area contributed by atoms with E-state index in [1.807, 2.05) is 11.4 Å². The van der Waals surface area contributed by atoms with Gasteiger partial charge in [0.2, 0.25) is 0 Å². The summed E-state index contributed by atoms with van der Waals surface area (Å²) in [6.45, 7) is 0.500. The van der Waals surface area contributed by atoms with E-state index in [4.69, 9.17) is 11.6 Å². The van der Waals surface area contributed by atoms with E-state index in [0.717, 1.165) is 10.9 Å². The van der Waals surface area contributed by atoms with E-state index in [2.05, 4.69) is 5.32 Å². The van der Waals surface area contributed by atoms with Crippen LogP contribution in [0.2, 0.25) is 5.02 Å². The van der Waals surface area contributed by atoms with Gasteiger partial charge in [-0.3, -0.25) is 0 Å². The van der Waals surface area contributed by atoms with Gasteiger partial charge in [0.25, 0.3) is 0 Å². The van der Waals surface area contributed by atoms with Crippen LogP contribution in [-0.2, 0) is 6.54 Å². The lowest BCUT2D eigenvalue weighted by Gasteiger charge is -2.04. The van der Waals surface area contributed by atoms with Crippen molar-refractivity contribution in [2.45, 2.75) is 6.54 Å². The van der Waals surface area contributed by atoms with Gasteiger partial charge in [0.15, 0.2) is 0 Å². The first-order valence-corrected chi connectivity index (χ1v) is 5.82. The Kier molecular flexibility index (Phi) is 3.41. The van der Waals surface area contributed by atoms with Crippen LogP contribution in [0.25, 0.3) is 0 Å². The summed E-state index contributed by atoms with van der Waals surface area (Å²) in [6.07, 6.45) is 0. The standard InChI is InChI=1S/C11H8ClF2NS/c12-7-1-11(16-6-7)5-15-10-3-8(13)2-9(14)4-10/h1-4,6,15H,5H2. The van der Waals surface area contributed by atoms with Gasteiger partial charge in [-0.1, -0.05) is 11.6 Å². The molecule has 0 aliphatic carbocycles. The zero-order chi connectivity index (χ0) is 11.5. The molecule has 1 aromatic carbocycles. The van der Waals surface area contributed by atoms with Crippen molar-refractivity contribution in [3.63, 3.8) is 0 Å². The molecular formula is C11H8ClF2NS. The molecular weight excluding hydrogens is 252 g/mol. The first kappa shape index (κ1) is 11.4. The molecule has 0 amide bonds. The third kappa shape index (κ3) is 2.93. The Morgan fingerprint density at radius 1 is 1.12 bits per heavy atom. The molecule has 1 N–H and O–H groups in total. The lowest BCUT2D eigenvalue weighted by atomic mass is 10.3. The van der Waals surface area contributed by atoms with Gasteiger partial charge in [-0.2, -0.15) is 0 Å². The fourth-order valence-corrected chi connectivity index (χ4v) is 2.30. The molecule has 2 rings (SSSR count). The van der Waals surface area contributed by atoms with Crippen molar-refractivity contribution in [2.75, 3.05) is 5.32 Å². The van der Waals surface area contributed by atoms with Crippen molar-refractivity contribution in [2.24, 2.45) is 0 Å². The van der Waals surface area contributed by atoms with Gasteiger partial charge in [-0.15, -0.1) is 11.3 Å². The highest BCUT2D eigenvalue weighted by molar-refractivity contribution is 7.10. The zero-order valence-electron chi connectivity index (χ0n) is 8.14. The molecule has 1 aromatic heterocycles. The van der Waals surface area contributed by atoms with Gasteiger partial charge in [0.1, 0.15) is 11.6 Å². The van der Waals surface area contributed by atoms with E-state index in [0.29, 0.717) is 17.3 Å². The molecule has 0 fully saturated rings. The van der Waals surface area contributed by atoms with E-state index in [1.165, 1.54) is 23.5 Å². The van der Waals surface area contributed by atoms with Crippen LogP contribution >= 0.6 is 22.9 Å². The van der Waals surface area contributed by atoms with Crippen LogP contribution in [0.5, 0.6) is 0 Å². The Balaban J connectivity index is 2.04. The lowest BCUT2D eigenvalue weighted by molar-refractivity contribution is 0.584. The maximum absolute atomic E-state index is 12.9. The molecule has 0 radical (unpaired) electrons. The number of thiophene rings is 1. The average molecular weight is 260 g/mol. The summed E-state index contributed by atoms with van der Waals surface area (Å²) in [5.41, 5.74) is 0.419. The minimum Gasteiger partial charge on any atom is -0.380 e. The van der Waals surface area contributed by atoms with Crippen molar-refractivity contribution in [1.82, 2.24) is 0 Å². The summed E-state index contributed by atoms with van der Waals surface area (Å²) in [6, 6.07) is 5.15. The van der Waals surface area contributed by atoms with E-state index in [9.17, 15) is 8.78 Å². The molecule has 2 aromatic rings. The molecule has 0 saturated carbocycles. The van der Waals surface area contributed by atoms with Crippen molar-refractivity contribution in [1.29, 1.82) is 0 Å². The molecule has 84 valence electrons.